The fraction of sp³-hybridized carbons (Fsp3) is 0.500. The molecule has 0 bridgehead atoms. The number of hydrogen-bond donors (Lipinski definition) is 1. The summed E-state index contributed by atoms with van der Waals surface area (Å²) in [6.07, 6.45) is 0.998. The maximum absolute atomic E-state index is 12.4. The number of nitrogens with two attached hydrogens (primary N) is 1. The summed E-state index contributed by atoms with van der Waals surface area (Å²) in [5.74, 6) is -0.270. The second-order valence-electron chi connectivity index (χ2n) is 6.13. The average Bonchev–Trinajstić information content (AvgIpc) is 2.87. The SMILES string of the molecule is CCN1CCc2c(c3ccc(C)c(C(=O)OC)c3n2CCN)C1. The molecular formula is C18H25N3O2. The van der Waals surface area contributed by atoms with E-state index in [9.17, 15) is 4.79 Å². The molecule has 124 valence electrons. The number of ether oxygens (including phenoxy) is 1. The molecule has 2 aromatic rings. The minimum atomic E-state index is -0.270. The molecule has 3 rings (SSSR count). The molecule has 23 heavy (non-hydrogen) atoms. The van der Waals surface area contributed by atoms with E-state index in [0.29, 0.717) is 12.1 Å². The van der Waals surface area contributed by atoms with Crippen molar-refractivity contribution in [1.29, 1.82) is 0 Å². The summed E-state index contributed by atoms with van der Waals surface area (Å²) < 4.78 is 7.29. The predicted molar refractivity (Wildman–Crippen MR) is 91.7 cm³/mol. The summed E-state index contributed by atoms with van der Waals surface area (Å²) in [5, 5.41) is 1.16. The minimum absolute atomic E-state index is 0.270. The van der Waals surface area contributed by atoms with Crippen LogP contribution in [0.2, 0.25) is 0 Å². The van der Waals surface area contributed by atoms with Gasteiger partial charge in [0.05, 0.1) is 18.2 Å². The highest BCUT2D eigenvalue weighted by atomic mass is 16.5. The molecule has 0 radical (unpaired) electrons. The molecule has 2 heterocycles. The Morgan fingerprint density at radius 3 is 2.83 bits per heavy atom. The Hall–Kier alpha value is -1.85. The van der Waals surface area contributed by atoms with Crippen molar-refractivity contribution in [2.45, 2.75) is 33.4 Å². The largest absolute Gasteiger partial charge is 0.465 e. The van der Waals surface area contributed by atoms with E-state index in [-0.39, 0.29) is 5.97 Å². The maximum Gasteiger partial charge on any atom is 0.340 e. The number of aryl methyl sites for hydroxylation is 1. The smallest absolute Gasteiger partial charge is 0.340 e. The molecule has 0 atom stereocenters. The molecular weight excluding hydrogens is 290 g/mol. The zero-order valence-corrected chi connectivity index (χ0v) is 14.2. The van der Waals surface area contributed by atoms with E-state index in [1.54, 1.807) is 0 Å². The lowest BCUT2D eigenvalue weighted by Gasteiger charge is -2.26. The van der Waals surface area contributed by atoms with Crippen LogP contribution in [-0.2, 0) is 24.2 Å². The number of nitrogens with zero attached hydrogens (tertiary/aromatic N) is 2. The maximum atomic E-state index is 12.4. The first kappa shape index (κ1) is 16.0. The number of esters is 1. The van der Waals surface area contributed by atoms with Crippen molar-refractivity contribution in [2.24, 2.45) is 5.73 Å². The molecule has 2 N–H and O–H groups in total. The highest BCUT2D eigenvalue weighted by molar-refractivity contribution is 6.06. The van der Waals surface area contributed by atoms with Gasteiger partial charge in [0.1, 0.15) is 0 Å². The van der Waals surface area contributed by atoms with Crippen LogP contribution in [0.25, 0.3) is 10.9 Å². The van der Waals surface area contributed by atoms with Gasteiger partial charge in [0, 0.05) is 43.7 Å². The normalized spacial score (nSPS) is 15.0. The Balaban J connectivity index is 2.31. The van der Waals surface area contributed by atoms with Crippen molar-refractivity contribution in [1.82, 2.24) is 9.47 Å². The summed E-state index contributed by atoms with van der Waals surface area (Å²) in [4.78, 5) is 14.8. The van der Waals surface area contributed by atoms with Gasteiger partial charge in [-0.1, -0.05) is 19.1 Å². The quantitative estimate of drug-likeness (QED) is 0.878. The van der Waals surface area contributed by atoms with E-state index in [1.165, 1.54) is 18.4 Å². The third-order valence-corrected chi connectivity index (χ3v) is 4.89. The summed E-state index contributed by atoms with van der Waals surface area (Å²) in [6, 6.07) is 4.16. The van der Waals surface area contributed by atoms with E-state index in [4.69, 9.17) is 10.5 Å². The third-order valence-electron chi connectivity index (χ3n) is 4.89. The predicted octanol–water partition coefficient (Wildman–Crippen LogP) is 2.07. The molecule has 1 aromatic carbocycles. The number of hydrogen-bond acceptors (Lipinski definition) is 4. The topological polar surface area (TPSA) is 60.5 Å². The average molecular weight is 315 g/mol. The van der Waals surface area contributed by atoms with Crippen LogP contribution in [0.5, 0.6) is 0 Å². The highest BCUT2D eigenvalue weighted by Crippen LogP contribution is 2.34. The van der Waals surface area contributed by atoms with E-state index >= 15 is 0 Å². The van der Waals surface area contributed by atoms with E-state index < -0.39 is 0 Å². The van der Waals surface area contributed by atoms with Gasteiger partial charge in [-0.2, -0.15) is 0 Å². The molecule has 0 spiro atoms. The van der Waals surface area contributed by atoms with Crippen LogP contribution >= 0.6 is 0 Å². The second-order valence-corrected chi connectivity index (χ2v) is 6.13. The Morgan fingerprint density at radius 2 is 2.17 bits per heavy atom. The van der Waals surface area contributed by atoms with Gasteiger partial charge in [0.15, 0.2) is 0 Å². The van der Waals surface area contributed by atoms with Gasteiger partial charge in [-0.15, -0.1) is 0 Å². The van der Waals surface area contributed by atoms with Crippen molar-refractivity contribution < 1.29 is 9.53 Å². The lowest BCUT2D eigenvalue weighted by molar-refractivity contribution is 0.0601. The van der Waals surface area contributed by atoms with Crippen LogP contribution in [-0.4, -0.2) is 42.2 Å². The standard InChI is InChI=1S/C18H25N3O2/c1-4-20-9-7-15-14(11-20)13-6-5-12(2)16(18(22)23-3)17(13)21(15)10-8-19/h5-6H,4,7-11,19H2,1-3H3. The van der Waals surface area contributed by atoms with Crippen LogP contribution in [0.1, 0.15) is 34.1 Å². The number of carbonyl (C=O) groups is 1. The lowest BCUT2D eigenvalue weighted by atomic mass is 10.0. The zero-order chi connectivity index (χ0) is 16.6. The summed E-state index contributed by atoms with van der Waals surface area (Å²) in [6.45, 7) is 8.46. The monoisotopic (exact) mass is 315 g/mol. The van der Waals surface area contributed by atoms with Crippen molar-refractivity contribution in [3.8, 4) is 0 Å². The van der Waals surface area contributed by atoms with Gasteiger partial charge < -0.3 is 15.0 Å². The summed E-state index contributed by atoms with van der Waals surface area (Å²) in [7, 11) is 1.44. The van der Waals surface area contributed by atoms with Crippen LogP contribution in [0.3, 0.4) is 0 Å². The molecule has 0 aliphatic carbocycles. The van der Waals surface area contributed by atoms with E-state index in [2.05, 4.69) is 22.5 Å². The number of methoxy groups -OCH3 is 1. The molecule has 0 saturated carbocycles. The van der Waals surface area contributed by atoms with Crippen LogP contribution in [0, 0.1) is 6.92 Å². The Bertz CT molecular complexity index is 749. The fourth-order valence-corrected chi connectivity index (χ4v) is 3.70. The van der Waals surface area contributed by atoms with E-state index in [0.717, 1.165) is 49.1 Å². The van der Waals surface area contributed by atoms with Crippen LogP contribution in [0.15, 0.2) is 12.1 Å². The Morgan fingerprint density at radius 1 is 1.39 bits per heavy atom. The molecule has 0 saturated heterocycles. The third kappa shape index (κ3) is 2.54. The fourth-order valence-electron chi connectivity index (χ4n) is 3.70. The van der Waals surface area contributed by atoms with Gasteiger partial charge in [0.25, 0.3) is 0 Å². The first-order valence-electron chi connectivity index (χ1n) is 8.26. The Kier molecular flexibility index (Phi) is 4.41. The zero-order valence-electron chi connectivity index (χ0n) is 14.2. The van der Waals surface area contributed by atoms with Crippen molar-refractivity contribution in [3.05, 3.63) is 34.5 Å². The number of likely N-dealkylation sites (N-methyl/N-ethyl adjacent to an activating group) is 1. The van der Waals surface area contributed by atoms with Gasteiger partial charge in [-0.3, -0.25) is 4.90 Å². The van der Waals surface area contributed by atoms with Crippen molar-refractivity contribution in [3.63, 3.8) is 0 Å². The van der Waals surface area contributed by atoms with Gasteiger partial charge in [-0.25, -0.2) is 4.79 Å². The Labute approximate surface area is 137 Å². The number of aromatic nitrogens is 1. The van der Waals surface area contributed by atoms with Gasteiger partial charge in [0.2, 0.25) is 0 Å². The minimum Gasteiger partial charge on any atom is -0.465 e. The number of carbonyl (C=O) groups excluding carboxylic acids is 1. The molecule has 0 amide bonds. The van der Waals surface area contributed by atoms with Crippen molar-refractivity contribution in [2.75, 3.05) is 26.7 Å². The van der Waals surface area contributed by atoms with Crippen LogP contribution < -0.4 is 5.73 Å². The van der Waals surface area contributed by atoms with Crippen LogP contribution in [0.4, 0.5) is 0 Å². The molecule has 5 heteroatoms. The first-order chi connectivity index (χ1) is 11.1. The molecule has 1 aliphatic rings. The van der Waals surface area contributed by atoms with Crippen molar-refractivity contribution >= 4 is 16.9 Å². The number of fused-ring (bicyclic) bond motifs is 3. The summed E-state index contributed by atoms with van der Waals surface area (Å²) in [5.41, 5.74) is 11.1. The molecule has 0 fully saturated rings. The molecule has 5 nitrogen and oxygen atoms in total. The van der Waals surface area contributed by atoms with Gasteiger partial charge in [-0.05, 0) is 24.6 Å². The molecule has 1 aliphatic heterocycles. The second kappa shape index (κ2) is 6.34. The summed E-state index contributed by atoms with van der Waals surface area (Å²) >= 11 is 0. The van der Waals surface area contributed by atoms with E-state index in [1.807, 2.05) is 13.0 Å². The number of rotatable bonds is 4. The molecule has 1 aromatic heterocycles. The lowest BCUT2D eigenvalue weighted by Crippen LogP contribution is -2.31. The van der Waals surface area contributed by atoms with Gasteiger partial charge >= 0.3 is 5.97 Å². The number of benzene rings is 1. The molecule has 0 unspecified atom stereocenters. The highest BCUT2D eigenvalue weighted by Gasteiger charge is 2.27. The first-order valence-corrected chi connectivity index (χ1v) is 8.26.